The van der Waals surface area contributed by atoms with Crippen LogP contribution in [0.4, 0.5) is 0 Å². The summed E-state index contributed by atoms with van der Waals surface area (Å²) in [5.41, 5.74) is 1.46. The lowest BCUT2D eigenvalue weighted by atomic mass is 10.1. The lowest BCUT2D eigenvalue weighted by Crippen LogP contribution is -2.35. The van der Waals surface area contributed by atoms with Gasteiger partial charge < -0.3 is 10.1 Å². The fourth-order valence-corrected chi connectivity index (χ4v) is 3.91. The van der Waals surface area contributed by atoms with Crippen molar-refractivity contribution in [3.8, 4) is 0 Å². The van der Waals surface area contributed by atoms with Crippen molar-refractivity contribution >= 4 is 27.7 Å². The zero-order chi connectivity index (χ0) is 14.6. The molecular formula is C16H24BrNOS. The molecule has 0 amide bonds. The second-order valence-corrected chi connectivity index (χ2v) is 8.51. The highest BCUT2D eigenvalue weighted by atomic mass is 79.9. The molecule has 112 valence electrons. The Morgan fingerprint density at radius 2 is 2.00 bits per heavy atom. The number of thioether (sulfide) groups is 1. The topological polar surface area (TPSA) is 21.3 Å². The van der Waals surface area contributed by atoms with Crippen molar-refractivity contribution in [3.05, 3.63) is 28.2 Å². The van der Waals surface area contributed by atoms with Crippen LogP contribution in [0.1, 0.15) is 39.2 Å². The van der Waals surface area contributed by atoms with Crippen LogP contribution in [0.5, 0.6) is 0 Å². The van der Waals surface area contributed by atoms with Crippen molar-refractivity contribution in [3.63, 3.8) is 0 Å². The van der Waals surface area contributed by atoms with E-state index in [0.717, 1.165) is 32.6 Å². The van der Waals surface area contributed by atoms with Crippen LogP contribution >= 0.6 is 27.7 Å². The van der Waals surface area contributed by atoms with Crippen molar-refractivity contribution in [2.45, 2.75) is 55.8 Å². The summed E-state index contributed by atoms with van der Waals surface area (Å²) >= 11 is 5.68. The molecular weight excluding hydrogens is 334 g/mol. The third-order valence-electron chi connectivity index (χ3n) is 3.30. The van der Waals surface area contributed by atoms with Crippen molar-refractivity contribution in [2.75, 3.05) is 13.2 Å². The van der Waals surface area contributed by atoms with Gasteiger partial charge in [0.25, 0.3) is 0 Å². The van der Waals surface area contributed by atoms with Crippen molar-refractivity contribution in [1.29, 1.82) is 0 Å². The molecule has 1 aromatic carbocycles. The van der Waals surface area contributed by atoms with Gasteiger partial charge in [-0.1, -0.05) is 22.0 Å². The van der Waals surface area contributed by atoms with Gasteiger partial charge in [0, 0.05) is 39.9 Å². The van der Waals surface area contributed by atoms with Crippen molar-refractivity contribution in [1.82, 2.24) is 5.32 Å². The number of hydrogen-bond donors (Lipinski definition) is 1. The quantitative estimate of drug-likeness (QED) is 0.849. The smallest absolute Gasteiger partial charge is 0.0476 e. The van der Waals surface area contributed by atoms with Crippen LogP contribution in [0.25, 0.3) is 0 Å². The molecule has 1 N–H and O–H groups in total. The monoisotopic (exact) mass is 357 g/mol. The Labute approximate surface area is 135 Å². The Balaban J connectivity index is 1.94. The molecule has 1 aliphatic heterocycles. The van der Waals surface area contributed by atoms with E-state index in [4.69, 9.17) is 4.74 Å². The minimum absolute atomic E-state index is 0.148. The fraction of sp³-hybridized carbons (Fsp3) is 0.625. The summed E-state index contributed by atoms with van der Waals surface area (Å²) in [5.74, 6) is 0. The molecule has 1 heterocycles. The molecule has 1 aliphatic rings. The van der Waals surface area contributed by atoms with Crippen LogP contribution in [-0.2, 0) is 11.3 Å². The molecule has 20 heavy (non-hydrogen) atoms. The Kier molecular flexibility index (Phi) is 5.96. The van der Waals surface area contributed by atoms with Gasteiger partial charge in [0.2, 0.25) is 0 Å². The van der Waals surface area contributed by atoms with E-state index in [2.05, 4.69) is 60.2 Å². The summed E-state index contributed by atoms with van der Waals surface area (Å²) in [4.78, 5) is 1.35. The molecule has 0 unspecified atom stereocenters. The average molecular weight is 358 g/mol. The predicted octanol–water partition coefficient (Wildman–Crippen LogP) is 4.61. The summed E-state index contributed by atoms with van der Waals surface area (Å²) in [6.45, 7) is 9.29. The Morgan fingerprint density at radius 3 is 2.60 bits per heavy atom. The summed E-state index contributed by atoms with van der Waals surface area (Å²) < 4.78 is 6.61. The molecule has 0 atom stereocenters. The average Bonchev–Trinajstić information content (AvgIpc) is 2.38. The Hall–Kier alpha value is -0.0300. The van der Waals surface area contributed by atoms with E-state index in [-0.39, 0.29) is 5.54 Å². The third-order valence-corrected chi connectivity index (χ3v) is 5.37. The highest BCUT2D eigenvalue weighted by Gasteiger charge is 2.16. The van der Waals surface area contributed by atoms with Gasteiger partial charge in [-0.15, -0.1) is 11.8 Å². The number of nitrogens with one attached hydrogen (secondary N) is 1. The lowest BCUT2D eigenvalue weighted by Gasteiger charge is -2.22. The van der Waals surface area contributed by atoms with E-state index in [0.29, 0.717) is 5.25 Å². The van der Waals surface area contributed by atoms with E-state index < -0.39 is 0 Å². The molecule has 0 aromatic heterocycles. The molecule has 2 rings (SSSR count). The van der Waals surface area contributed by atoms with Gasteiger partial charge in [-0.2, -0.15) is 0 Å². The molecule has 1 saturated heterocycles. The van der Waals surface area contributed by atoms with Gasteiger partial charge in [-0.05, 0) is 51.3 Å². The summed E-state index contributed by atoms with van der Waals surface area (Å²) in [5, 5.41) is 4.23. The van der Waals surface area contributed by atoms with Crippen LogP contribution in [0.15, 0.2) is 27.6 Å². The maximum Gasteiger partial charge on any atom is 0.0476 e. The zero-order valence-corrected chi connectivity index (χ0v) is 14.9. The Bertz CT molecular complexity index is 439. The molecule has 2 nitrogen and oxygen atoms in total. The van der Waals surface area contributed by atoms with E-state index >= 15 is 0 Å². The van der Waals surface area contributed by atoms with Crippen molar-refractivity contribution in [2.24, 2.45) is 0 Å². The number of ether oxygens (including phenoxy) is 1. The van der Waals surface area contributed by atoms with Crippen LogP contribution < -0.4 is 5.32 Å². The SMILES string of the molecule is CC(C)(C)NCc1ccc(SC2CCOCC2)cc1Br. The maximum absolute atomic E-state index is 5.41. The second kappa shape index (κ2) is 7.30. The molecule has 4 heteroatoms. The lowest BCUT2D eigenvalue weighted by molar-refractivity contribution is 0.100. The first-order chi connectivity index (χ1) is 9.44. The highest BCUT2D eigenvalue weighted by molar-refractivity contribution is 9.10. The summed E-state index contributed by atoms with van der Waals surface area (Å²) in [6.07, 6.45) is 2.32. The highest BCUT2D eigenvalue weighted by Crippen LogP contribution is 2.32. The van der Waals surface area contributed by atoms with Crippen LogP contribution in [-0.4, -0.2) is 24.0 Å². The normalized spacial score (nSPS) is 17.4. The first-order valence-electron chi connectivity index (χ1n) is 7.22. The first-order valence-corrected chi connectivity index (χ1v) is 8.89. The number of rotatable bonds is 4. The summed E-state index contributed by atoms with van der Waals surface area (Å²) in [6, 6.07) is 6.72. The van der Waals surface area contributed by atoms with Crippen LogP contribution in [0.2, 0.25) is 0 Å². The molecule has 0 saturated carbocycles. The largest absolute Gasteiger partial charge is 0.381 e. The first kappa shape index (κ1) is 16.3. The number of hydrogen-bond acceptors (Lipinski definition) is 3. The second-order valence-electron chi connectivity index (χ2n) is 6.29. The van der Waals surface area contributed by atoms with Crippen LogP contribution in [0.3, 0.4) is 0 Å². The Morgan fingerprint density at radius 1 is 1.30 bits per heavy atom. The van der Waals surface area contributed by atoms with E-state index in [1.165, 1.54) is 14.9 Å². The number of benzene rings is 1. The van der Waals surface area contributed by atoms with E-state index in [1.54, 1.807) is 0 Å². The molecule has 0 radical (unpaired) electrons. The van der Waals surface area contributed by atoms with Crippen molar-refractivity contribution < 1.29 is 4.74 Å². The van der Waals surface area contributed by atoms with Gasteiger partial charge >= 0.3 is 0 Å². The van der Waals surface area contributed by atoms with Crippen LogP contribution in [0, 0.1) is 0 Å². The minimum atomic E-state index is 0.148. The summed E-state index contributed by atoms with van der Waals surface area (Å²) in [7, 11) is 0. The van der Waals surface area contributed by atoms with Gasteiger partial charge in [0.1, 0.15) is 0 Å². The van der Waals surface area contributed by atoms with Gasteiger partial charge in [0.05, 0.1) is 0 Å². The van der Waals surface area contributed by atoms with E-state index in [1.807, 2.05) is 11.8 Å². The van der Waals surface area contributed by atoms with E-state index in [9.17, 15) is 0 Å². The van der Waals surface area contributed by atoms with Gasteiger partial charge in [0.15, 0.2) is 0 Å². The molecule has 0 aliphatic carbocycles. The molecule has 1 fully saturated rings. The van der Waals surface area contributed by atoms with Gasteiger partial charge in [-0.25, -0.2) is 0 Å². The molecule has 1 aromatic rings. The maximum atomic E-state index is 5.41. The predicted molar refractivity (Wildman–Crippen MR) is 90.4 cm³/mol. The standard InChI is InChI=1S/C16H24BrNOS/c1-16(2,3)18-11-12-4-5-14(10-15(12)17)20-13-6-8-19-9-7-13/h4-5,10,13,18H,6-9,11H2,1-3H3. The minimum Gasteiger partial charge on any atom is -0.381 e. The fourth-order valence-electron chi connectivity index (χ4n) is 2.09. The molecule has 0 spiro atoms. The zero-order valence-electron chi connectivity index (χ0n) is 12.5. The van der Waals surface area contributed by atoms with Gasteiger partial charge in [-0.3, -0.25) is 0 Å². The number of halogens is 1. The third kappa shape index (κ3) is 5.40. The molecule has 0 bridgehead atoms.